The number of allylic oxidation sites excluding steroid dienone is 3. The summed E-state index contributed by atoms with van der Waals surface area (Å²) in [5, 5.41) is 19.0. The first-order chi connectivity index (χ1) is 9.78. The highest BCUT2D eigenvalue weighted by molar-refractivity contribution is 5.85. The van der Waals surface area contributed by atoms with E-state index >= 15 is 0 Å². The van der Waals surface area contributed by atoms with Crippen LogP contribution in [-0.4, -0.2) is 21.8 Å². The van der Waals surface area contributed by atoms with Gasteiger partial charge in [0.15, 0.2) is 0 Å². The number of aliphatic carboxylic acids is 1. The SMILES string of the molecule is CCCCCC(C)(O)CCCC(C)=CCC=C(C)C(=O)O. The Hall–Kier alpha value is -1.09. The normalized spacial score (nSPS) is 15.9. The lowest BCUT2D eigenvalue weighted by molar-refractivity contribution is -0.132. The number of carbonyl (C=O) groups is 1. The van der Waals surface area contributed by atoms with Crippen LogP contribution >= 0.6 is 0 Å². The van der Waals surface area contributed by atoms with Gasteiger partial charge in [0, 0.05) is 5.57 Å². The van der Waals surface area contributed by atoms with Gasteiger partial charge in [-0.15, -0.1) is 0 Å². The van der Waals surface area contributed by atoms with Gasteiger partial charge in [-0.1, -0.05) is 43.9 Å². The molecule has 0 aromatic heterocycles. The molecule has 0 amide bonds. The monoisotopic (exact) mass is 296 g/mol. The van der Waals surface area contributed by atoms with E-state index in [4.69, 9.17) is 5.11 Å². The fourth-order valence-electron chi connectivity index (χ4n) is 2.26. The number of hydrogen-bond acceptors (Lipinski definition) is 2. The zero-order valence-corrected chi connectivity index (χ0v) is 14.1. The Bertz CT molecular complexity index is 365. The summed E-state index contributed by atoms with van der Waals surface area (Å²) in [7, 11) is 0. The molecule has 0 saturated carbocycles. The molecule has 0 aliphatic rings. The zero-order chi connectivity index (χ0) is 16.3. The molecule has 3 nitrogen and oxygen atoms in total. The van der Waals surface area contributed by atoms with E-state index in [-0.39, 0.29) is 0 Å². The molecular formula is C18H32O3. The van der Waals surface area contributed by atoms with Gasteiger partial charge in [0.25, 0.3) is 0 Å². The molecule has 0 spiro atoms. The molecule has 0 aliphatic heterocycles. The second-order valence-electron chi connectivity index (χ2n) is 6.29. The van der Waals surface area contributed by atoms with Crippen LogP contribution < -0.4 is 0 Å². The second-order valence-corrected chi connectivity index (χ2v) is 6.29. The predicted molar refractivity (Wildman–Crippen MR) is 88.4 cm³/mol. The van der Waals surface area contributed by atoms with Crippen LogP contribution in [-0.2, 0) is 4.79 Å². The molecule has 0 aliphatic carbocycles. The summed E-state index contributed by atoms with van der Waals surface area (Å²) in [6, 6.07) is 0. The summed E-state index contributed by atoms with van der Waals surface area (Å²) in [5.74, 6) is -0.857. The highest BCUT2D eigenvalue weighted by Crippen LogP contribution is 2.22. The van der Waals surface area contributed by atoms with E-state index in [0.29, 0.717) is 12.0 Å². The van der Waals surface area contributed by atoms with Gasteiger partial charge in [-0.05, 0) is 52.9 Å². The molecular weight excluding hydrogens is 264 g/mol. The summed E-state index contributed by atoms with van der Waals surface area (Å²) in [5.41, 5.74) is 1.10. The van der Waals surface area contributed by atoms with Crippen LogP contribution in [0.3, 0.4) is 0 Å². The molecule has 0 rings (SSSR count). The summed E-state index contributed by atoms with van der Waals surface area (Å²) in [6.45, 7) is 7.78. The van der Waals surface area contributed by atoms with Crippen molar-refractivity contribution in [3.05, 3.63) is 23.3 Å². The number of carboxylic acids is 1. The molecule has 3 heteroatoms. The first-order valence-electron chi connectivity index (χ1n) is 8.06. The average Bonchev–Trinajstić information content (AvgIpc) is 2.38. The van der Waals surface area contributed by atoms with Crippen molar-refractivity contribution >= 4 is 5.97 Å². The molecule has 0 heterocycles. The number of aliphatic hydroxyl groups is 1. The zero-order valence-electron chi connectivity index (χ0n) is 14.1. The predicted octanol–water partition coefficient (Wildman–Crippen LogP) is 4.86. The third kappa shape index (κ3) is 11.3. The highest BCUT2D eigenvalue weighted by Gasteiger charge is 2.18. The smallest absolute Gasteiger partial charge is 0.330 e. The molecule has 0 aromatic carbocycles. The molecule has 0 saturated heterocycles. The summed E-state index contributed by atoms with van der Waals surface area (Å²) in [6.07, 6.45) is 11.6. The Morgan fingerprint density at radius 3 is 2.29 bits per heavy atom. The van der Waals surface area contributed by atoms with Crippen LogP contribution in [0.15, 0.2) is 23.3 Å². The van der Waals surface area contributed by atoms with Crippen LogP contribution in [0, 0.1) is 0 Å². The van der Waals surface area contributed by atoms with Crippen molar-refractivity contribution in [2.24, 2.45) is 0 Å². The van der Waals surface area contributed by atoms with Crippen molar-refractivity contribution in [3.8, 4) is 0 Å². The fourth-order valence-corrected chi connectivity index (χ4v) is 2.26. The summed E-state index contributed by atoms with van der Waals surface area (Å²) < 4.78 is 0. The van der Waals surface area contributed by atoms with Crippen LogP contribution in [0.5, 0.6) is 0 Å². The van der Waals surface area contributed by atoms with E-state index in [9.17, 15) is 9.90 Å². The van der Waals surface area contributed by atoms with Gasteiger partial charge in [0.2, 0.25) is 0 Å². The molecule has 0 aromatic rings. The quantitative estimate of drug-likeness (QED) is 0.325. The minimum Gasteiger partial charge on any atom is -0.478 e. The van der Waals surface area contributed by atoms with Gasteiger partial charge < -0.3 is 10.2 Å². The largest absolute Gasteiger partial charge is 0.478 e. The third-order valence-electron chi connectivity index (χ3n) is 3.83. The van der Waals surface area contributed by atoms with Crippen LogP contribution in [0.2, 0.25) is 0 Å². The minimum absolute atomic E-state index is 0.387. The van der Waals surface area contributed by atoms with Crippen molar-refractivity contribution in [1.29, 1.82) is 0 Å². The molecule has 2 N–H and O–H groups in total. The maximum Gasteiger partial charge on any atom is 0.330 e. The lowest BCUT2D eigenvalue weighted by Gasteiger charge is -2.23. The molecule has 0 fully saturated rings. The van der Waals surface area contributed by atoms with E-state index in [1.807, 2.05) is 6.92 Å². The van der Waals surface area contributed by atoms with Crippen molar-refractivity contribution < 1.29 is 15.0 Å². The second kappa shape index (κ2) is 10.6. The van der Waals surface area contributed by atoms with E-state index in [0.717, 1.165) is 32.1 Å². The average molecular weight is 296 g/mol. The van der Waals surface area contributed by atoms with Crippen molar-refractivity contribution in [2.45, 2.75) is 84.7 Å². The lowest BCUT2D eigenvalue weighted by Crippen LogP contribution is -2.23. The van der Waals surface area contributed by atoms with Crippen LogP contribution in [0.25, 0.3) is 0 Å². The molecule has 1 atom stereocenters. The summed E-state index contributed by atoms with van der Waals surface area (Å²) in [4.78, 5) is 10.6. The van der Waals surface area contributed by atoms with Gasteiger partial charge >= 0.3 is 5.97 Å². The minimum atomic E-state index is -0.857. The van der Waals surface area contributed by atoms with Crippen LogP contribution in [0.4, 0.5) is 0 Å². The molecule has 21 heavy (non-hydrogen) atoms. The van der Waals surface area contributed by atoms with Gasteiger partial charge in [0.1, 0.15) is 0 Å². The standard InChI is InChI=1S/C18H32O3/c1-5-6-7-13-18(4,21)14-9-11-15(2)10-8-12-16(3)17(19)20/h10,12,21H,5-9,11,13-14H2,1-4H3,(H,19,20). The molecule has 0 radical (unpaired) electrons. The fraction of sp³-hybridized carbons (Fsp3) is 0.722. The third-order valence-corrected chi connectivity index (χ3v) is 3.83. The Morgan fingerprint density at radius 1 is 1.10 bits per heavy atom. The van der Waals surface area contributed by atoms with Gasteiger partial charge in [-0.25, -0.2) is 4.79 Å². The van der Waals surface area contributed by atoms with Gasteiger partial charge in [0.05, 0.1) is 5.60 Å². The molecule has 0 bridgehead atoms. The van der Waals surface area contributed by atoms with E-state index < -0.39 is 11.6 Å². The Labute approximate surface area is 129 Å². The number of carboxylic acid groups (broad SMARTS) is 1. The molecule has 122 valence electrons. The lowest BCUT2D eigenvalue weighted by atomic mass is 9.91. The van der Waals surface area contributed by atoms with Crippen molar-refractivity contribution in [2.75, 3.05) is 0 Å². The van der Waals surface area contributed by atoms with Gasteiger partial charge in [-0.3, -0.25) is 0 Å². The van der Waals surface area contributed by atoms with Crippen molar-refractivity contribution in [1.82, 2.24) is 0 Å². The number of hydrogen-bond donors (Lipinski definition) is 2. The number of rotatable bonds is 11. The maximum atomic E-state index is 10.6. The van der Waals surface area contributed by atoms with Gasteiger partial charge in [-0.2, -0.15) is 0 Å². The van der Waals surface area contributed by atoms with E-state index in [1.165, 1.54) is 18.4 Å². The Balaban J connectivity index is 3.99. The molecule has 1 unspecified atom stereocenters. The highest BCUT2D eigenvalue weighted by atomic mass is 16.4. The first-order valence-corrected chi connectivity index (χ1v) is 8.06. The topological polar surface area (TPSA) is 57.5 Å². The Kier molecular flexibility index (Phi) is 10.1. The number of unbranched alkanes of at least 4 members (excludes halogenated alkanes) is 2. The maximum absolute atomic E-state index is 10.6. The van der Waals surface area contributed by atoms with Crippen molar-refractivity contribution in [3.63, 3.8) is 0 Å². The Morgan fingerprint density at radius 2 is 1.71 bits per heavy atom. The van der Waals surface area contributed by atoms with E-state index in [1.54, 1.807) is 13.0 Å². The first kappa shape index (κ1) is 19.9. The van der Waals surface area contributed by atoms with E-state index in [2.05, 4.69) is 19.9 Å². The summed E-state index contributed by atoms with van der Waals surface area (Å²) >= 11 is 0. The van der Waals surface area contributed by atoms with Crippen LogP contribution in [0.1, 0.15) is 79.1 Å².